The molecule has 0 saturated carbocycles. The van der Waals surface area contributed by atoms with Crippen molar-refractivity contribution in [3.63, 3.8) is 0 Å². The average Bonchev–Trinajstić information content (AvgIpc) is 3.43. The number of rotatable bonds is 21. The van der Waals surface area contributed by atoms with Crippen molar-refractivity contribution in [1.82, 2.24) is 0 Å². The van der Waals surface area contributed by atoms with Gasteiger partial charge in [0.25, 0.3) is 30.5 Å². The van der Waals surface area contributed by atoms with E-state index in [-0.39, 0.29) is 104 Å². The van der Waals surface area contributed by atoms with Crippen LogP contribution in [0.15, 0.2) is 93.1 Å². The third kappa shape index (κ3) is 14.3. The van der Waals surface area contributed by atoms with Crippen LogP contribution < -0.4 is 0 Å². The predicted octanol–water partition coefficient (Wildman–Crippen LogP) is 4.55. The van der Waals surface area contributed by atoms with Gasteiger partial charge in [0.15, 0.2) is 71.3 Å². The Morgan fingerprint density at radius 3 is 0.890 bits per heavy atom. The lowest BCUT2D eigenvalue weighted by molar-refractivity contribution is -0.797. The minimum atomic E-state index is -1.32. The molecule has 9 atom stereocenters. The van der Waals surface area contributed by atoms with Gasteiger partial charge in [0, 0.05) is 66.8 Å². The molecule has 2 aromatic carbocycles. The molecule has 3 aliphatic heterocycles. The summed E-state index contributed by atoms with van der Waals surface area (Å²) >= 11 is 0. The Morgan fingerprint density at radius 1 is 0.366 bits per heavy atom. The molecule has 438 valence electrons. The molecule has 0 spiro atoms. The van der Waals surface area contributed by atoms with E-state index in [1.54, 1.807) is 83.1 Å². The van der Waals surface area contributed by atoms with Crippen molar-refractivity contribution >= 4 is 34.7 Å². The number of hydrogen-bond donors (Lipinski definition) is 0. The summed E-state index contributed by atoms with van der Waals surface area (Å²) in [5, 5.41) is 57.3. The zero-order valence-corrected chi connectivity index (χ0v) is 43.9. The van der Waals surface area contributed by atoms with Crippen molar-refractivity contribution in [2.24, 2.45) is 0 Å². The molecule has 3 fully saturated rings. The van der Waals surface area contributed by atoms with Gasteiger partial charge in [0.05, 0.1) is 38.1 Å². The summed E-state index contributed by atoms with van der Waals surface area (Å²) in [5.41, 5.74) is 3.80. The van der Waals surface area contributed by atoms with Crippen molar-refractivity contribution < 1.29 is 103 Å². The van der Waals surface area contributed by atoms with Gasteiger partial charge in [-0.05, 0) is 73.1 Å². The molecular formula is C49H50N6O27. The molecule has 0 N–H and O–H groups in total. The summed E-state index contributed by atoms with van der Waals surface area (Å²) in [6, 6.07) is 12.9. The van der Waals surface area contributed by atoms with Gasteiger partial charge in [0.2, 0.25) is 0 Å². The van der Waals surface area contributed by atoms with Gasteiger partial charge >= 0.3 is 0 Å². The number of ketones is 6. The van der Waals surface area contributed by atoms with Crippen LogP contribution in [0, 0.1) is 60.7 Å². The molecular weight excluding hydrogens is 1100 g/mol. The number of nitrogens with zero attached hydrogens (tertiary/aromatic N) is 6. The third-order valence-electron chi connectivity index (χ3n) is 14.2. The zero-order chi connectivity index (χ0) is 60.4. The van der Waals surface area contributed by atoms with Crippen molar-refractivity contribution in [1.29, 1.82) is 0 Å². The monoisotopic (exact) mass is 1150 g/mol. The molecule has 3 heterocycles. The average molecular weight is 1150 g/mol. The second-order valence-corrected chi connectivity index (χ2v) is 18.8. The second kappa shape index (κ2) is 26.6. The maximum absolute atomic E-state index is 12.7. The summed E-state index contributed by atoms with van der Waals surface area (Å²) in [6.07, 6.45) is -9.81. The van der Waals surface area contributed by atoms with Crippen LogP contribution in [0.3, 0.4) is 0 Å². The van der Waals surface area contributed by atoms with E-state index in [9.17, 15) is 89.5 Å². The van der Waals surface area contributed by atoms with E-state index in [0.29, 0.717) is 55.7 Å². The largest absolute Gasteiger partial charge is 0.373 e. The van der Waals surface area contributed by atoms with Crippen molar-refractivity contribution in [3.8, 4) is 0 Å². The lowest BCUT2D eigenvalue weighted by atomic mass is 9.82. The van der Waals surface area contributed by atoms with Gasteiger partial charge in [-0.2, -0.15) is 0 Å². The molecule has 3 unspecified atom stereocenters. The molecule has 33 nitrogen and oxygen atoms in total. The maximum atomic E-state index is 12.7. The highest BCUT2D eigenvalue weighted by molar-refractivity contribution is 6.27. The number of allylic oxidation sites excluding steroid dienone is 8. The summed E-state index contributed by atoms with van der Waals surface area (Å²) in [5.74, 6) is -1.60. The van der Waals surface area contributed by atoms with E-state index in [2.05, 4.69) is 29.0 Å². The summed E-state index contributed by atoms with van der Waals surface area (Å²) in [4.78, 5) is 165. The number of Topliss-reactive ketones (excluding diaryl/α,β-unsaturated/α-hetero) is 6. The molecule has 82 heavy (non-hydrogen) atoms. The van der Waals surface area contributed by atoms with Crippen molar-refractivity contribution in [2.45, 2.75) is 128 Å². The van der Waals surface area contributed by atoms with E-state index < -0.39 is 85.5 Å². The molecule has 6 aliphatic rings. The summed E-state index contributed by atoms with van der Waals surface area (Å²) in [7, 11) is 0. The quantitative estimate of drug-likeness (QED) is 0.0939. The van der Waals surface area contributed by atoms with Gasteiger partial charge in [-0.3, -0.25) is 28.8 Å². The van der Waals surface area contributed by atoms with Gasteiger partial charge in [-0.15, -0.1) is 60.7 Å². The Hall–Kier alpha value is -9.50. The standard InChI is InChI=1S/2C17H16N2O9.C15H18N2O9/c2*1-9-10(16(21)12-5-3-2-4-11(12)15(9)20)6-7-13-17(28-19(24)25)14(8-26-13)27-18(22)23;1-7-8(2)14(19)10(9(3)13(7)18)4-5-11-15(26-17(22)23)12(6-24-11)25-16(20)21/h2*2-5,13-14,17H,6-8H2,1H3;11-12,15H,4-6H2,1-3H3/t2*13?,14-,17+;11?,12-,15+/m101/s1. The fraction of sp³-hybridized carbons (Fsp3) is 0.469. The van der Waals surface area contributed by atoms with Crippen LogP contribution >= 0.6 is 0 Å². The van der Waals surface area contributed by atoms with Gasteiger partial charge < -0.3 is 43.2 Å². The maximum Gasteiger partial charge on any atom is 0.294 e. The van der Waals surface area contributed by atoms with Crippen LogP contribution in [0.4, 0.5) is 0 Å². The lowest BCUT2D eigenvalue weighted by Crippen LogP contribution is -2.38. The molecule has 0 amide bonds. The summed E-state index contributed by atoms with van der Waals surface area (Å²) in [6.45, 7) is 6.99. The Morgan fingerprint density at radius 2 is 0.610 bits per heavy atom. The van der Waals surface area contributed by atoms with Crippen molar-refractivity contribution in [2.75, 3.05) is 19.8 Å². The highest BCUT2D eigenvalue weighted by Crippen LogP contribution is 2.35. The SMILES string of the molecule is CC1=C(C)C(=O)C(CCC2OC[C@@H](O[N+](=O)[O-])[C@H]2O[N+](=O)[O-])=C(C)C1=O.CC1=C(CCC2OC[C@@H](O[N+](=O)[O-])[C@H]2O[N+](=O)[O-])C(=O)c2ccccc2C1=O.CC1=C(CCC2OC[C@H](O[N+](=O)[O-])[C@@H]2O[N+](=O)[O-])C(=O)c2ccccc2C1=O. The van der Waals surface area contributed by atoms with Crippen LogP contribution in [-0.2, 0) is 52.8 Å². The topological polar surface area (TPSA) is 444 Å². The first-order chi connectivity index (χ1) is 38.7. The fourth-order valence-corrected chi connectivity index (χ4v) is 10.0. The second-order valence-electron chi connectivity index (χ2n) is 18.8. The molecule has 3 saturated heterocycles. The molecule has 8 rings (SSSR count). The number of carbonyl (C=O) groups is 6. The molecule has 33 heteroatoms. The minimum absolute atomic E-state index is 0.0872. The molecule has 0 aromatic heterocycles. The smallest absolute Gasteiger partial charge is 0.294 e. The van der Waals surface area contributed by atoms with Gasteiger partial charge in [0.1, 0.15) is 0 Å². The summed E-state index contributed by atoms with van der Waals surface area (Å²) < 4.78 is 16.0. The Balaban J connectivity index is 0.000000198. The lowest BCUT2D eigenvalue weighted by Gasteiger charge is -2.22. The van der Waals surface area contributed by atoms with Crippen LogP contribution in [0.1, 0.15) is 115 Å². The van der Waals surface area contributed by atoms with Crippen LogP contribution in [-0.4, -0.2) is 140 Å². The van der Waals surface area contributed by atoms with E-state index in [0.717, 1.165) is 0 Å². The number of fused-ring (bicyclic) bond motifs is 2. The predicted molar refractivity (Wildman–Crippen MR) is 265 cm³/mol. The van der Waals surface area contributed by atoms with E-state index >= 15 is 0 Å². The molecule has 3 aliphatic carbocycles. The van der Waals surface area contributed by atoms with Crippen LogP contribution in [0.2, 0.25) is 0 Å². The van der Waals surface area contributed by atoms with Crippen LogP contribution in [0.5, 0.6) is 0 Å². The van der Waals surface area contributed by atoms with E-state index in [4.69, 9.17) is 14.2 Å². The Labute approximate surface area is 460 Å². The normalized spacial score (nSPS) is 24.8. The number of benzene rings is 2. The highest BCUT2D eigenvalue weighted by atomic mass is 17.0. The molecule has 0 bridgehead atoms. The Bertz CT molecular complexity index is 2990. The molecule has 2 aromatic rings. The van der Waals surface area contributed by atoms with E-state index in [1.807, 2.05) is 0 Å². The van der Waals surface area contributed by atoms with Gasteiger partial charge in [-0.1, -0.05) is 48.5 Å². The van der Waals surface area contributed by atoms with E-state index in [1.165, 1.54) is 0 Å². The third-order valence-corrected chi connectivity index (χ3v) is 14.2. The minimum Gasteiger partial charge on any atom is -0.373 e. The number of carbonyl (C=O) groups excluding carboxylic acids is 6. The van der Waals surface area contributed by atoms with Gasteiger partial charge in [-0.25, -0.2) is 0 Å². The Kier molecular flexibility index (Phi) is 20.0. The number of hydrogen-bond acceptors (Lipinski definition) is 27. The first-order valence-electron chi connectivity index (χ1n) is 24.7. The highest BCUT2D eigenvalue weighted by Gasteiger charge is 2.46. The molecule has 0 radical (unpaired) electrons. The first kappa shape index (κ1) is 61.7. The number of ether oxygens (including phenoxy) is 3. The zero-order valence-electron chi connectivity index (χ0n) is 43.9. The fourth-order valence-electron chi connectivity index (χ4n) is 10.0. The van der Waals surface area contributed by atoms with Crippen LogP contribution in [0.25, 0.3) is 0 Å². The van der Waals surface area contributed by atoms with Crippen molar-refractivity contribution in [3.05, 3.63) is 176 Å². The first-order valence-corrected chi connectivity index (χ1v) is 24.7.